The third-order valence-corrected chi connectivity index (χ3v) is 2.68. The summed E-state index contributed by atoms with van der Waals surface area (Å²) >= 11 is 0. The molecule has 1 aromatic carbocycles. The van der Waals surface area contributed by atoms with Crippen molar-refractivity contribution in [3.8, 4) is 6.07 Å². The van der Waals surface area contributed by atoms with Crippen molar-refractivity contribution in [2.24, 2.45) is 0 Å². The van der Waals surface area contributed by atoms with Crippen LogP contribution in [0.15, 0.2) is 24.3 Å². The van der Waals surface area contributed by atoms with E-state index in [1.165, 1.54) is 24.3 Å². The van der Waals surface area contributed by atoms with Crippen molar-refractivity contribution in [2.75, 3.05) is 19.8 Å². The van der Waals surface area contributed by atoms with E-state index in [9.17, 15) is 9.59 Å². The number of benzene rings is 1. The average Bonchev–Trinajstić information content (AvgIpc) is 2.52. The molecule has 6 heteroatoms. The minimum absolute atomic E-state index is 0.170. The highest BCUT2D eigenvalue weighted by molar-refractivity contribution is 5.91. The van der Waals surface area contributed by atoms with Gasteiger partial charge in [-0.15, -0.1) is 0 Å². The number of nitrogens with zero attached hydrogens (tertiary/aromatic N) is 1. The molecule has 0 saturated carbocycles. The first-order valence-electron chi connectivity index (χ1n) is 7.08. The molecule has 1 amide bonds. The lowest BCUT2D eigenvalue weighted by Gasteiger charge is -2.08. The van der Waals surface area contributed by atoms with E-state index < -0.39 is 5.97 Å². The van der Waals surface area contributed by atoms with Crippen molar-refractivity contribution in [1.82, 2.24) is 5.32 Å². The van der Waals surface area contributed by atoms with Crippen LogP contribution in [0.3, 0.4) is 0 Å². The van der Waals surface area contributed by atoms with Crippen LogP contribution in [-0.2, 0) is 14.3 Å². The van der Waals surface area contributed by atoms with Gasteiger partial charge < -0.3 is 14.8 Å². The summed E-state index contributed by atoms with van der Waals surface area (Å²) in [4.78, 5) is 23.2. The average molecular weight is 304 g/mol. The zero-order valence-electron chi connectivity index (χ0n) is 12.8. The third-order valence-electron chi connectivity index (χ3n) is 2.68. The summed E-state index contributed by atoms with van der Waals surface area (Å²) in [5, 5.41) is 11.3. The van der Waals surface area contributed by atoms with Gasteiger partial charge in [0.2, 0.25) is 0 Å². The minimum Gasteiger partial charge on any atom is -0.452 e. The first-order chi connectivity index (χ1) is 10.5. The van der Waals surface area contributed by atoms with Crippen molar-refractivity contribution < 1.29 is 19.1 Å². The quantitative estimate of drug-likeness (QED) is 0.582. The Labute approximate surface area is 130 Å². The first-order valence-corrected chi connectivity index (χ1v) is 7.08. The molecule has 0 saturated heterocycles. The molecule has 0 spiro atoms. The van der Waals surface area contributed by atoms with Gasteiger partial charge in [-0.25, -0.2) is 4.79 Å². The monoisotopic (exact) mass is 304 g/mol. The van der Waals surface area contributed by atoms with Crippen LogP contribution < -0.4 is 5.32 Å². The van der Waals surface area contributed by atoms with Crippen molar-refractivity contribution >= 4 is 11.9 Å². The van der Waals surface area contributed by atoms with Gasteiger partial charge in [-0.05, 0) is 44.5 Å². The number of esters is 1. The van der Waals surface area contributed by atoms with E-state index in [1.54, 1.807) is 0 Å². The number of hydrogen-bond acceptors (Lipinski definition) is 5. The fourth-order valence-corrected chi connectivity index (χ4v) is 1.57. The Kier molecular flexibility index (Phi) is 7.65. The number of amides is 1. The molecule has 0 fully saturated rings. The summed E-state index contributed by atoms with van der Waals surface area (Å²) in [6, 6.07) is 7.97. The molecule has 0 aromatic heterocycles. The van der Waals surface area contributed by atoms with E-state index in [2.05, 4.69) is 5.32 Å². The minimum atomic E-state index is -0.595. The summed E-state index contributed by atoms with van der Waals surface area (Å²) in [7, 11) is 0. The molecule has 0 bridgehead atoms. The normalized spacial score (nSPS) is 10.1. The molecule has 0 atom stereocenters. The van der Waals surface area contributed by atoms with Crippen LogP contribution in [0.2, 0.25) is 0 Å². The zero-order chi connectivity index (χ0) is 16.4. The lowest BCUT2D eigenvalue weighted by atomic mass is 10.1. The predicted octanol–water partition coefficient (Wildman–Crippen LogP) is 1.65. The van der Waals surface area contributed by atoms with Crippen LogP contribution in [0.1, 0.15) is 36.2 Å². The first kappa shape index (κ1) is 17.7. The number of nitrogens with one attached hydrogen (secondary N) is 1. The van der Waals surface area contributed by atoms with Gasteiger partial charge in [-0.3, -0.25) is 4.79 Å². The van der Waals surface area contributed by atoms with Crippen LogP contribution in [0.4, 0.5) is 0 Å². The number of carbonyl (C=O) groups excluding carboxylic acids is 2. The molecule has 1 N–H and O–H groups in total. The Morgan fingerprint density at radius 1 is 1.27 bits per heavy atom. The highest BCUT2D eigenvalue weighted by Gasteiger charge is 2.09. The number of carbonyl (C=O) groups is 2. The summed E-state index contributed by atoms with van der Waals surface area (Å²) in [5.41, 5.74) is 0.759. The van der Waals surface area contributed by atoms with Gasteiger partial charge in [-0.2, -0.15) is 5.26 Å². The molecule has 118 valence electrons. The maximum Gasteiger partial charge on any atom is 0.338 e. The molecule has 0 aliphatic rings. The number of rotatable bonds is 8. The lowest BCUT2D eigenvalue weighted by Crippen LogP contribution is -2.30. The van der Waals surface area contributed by atoms with E-state index in [0.29, 0.717) is 30.7 Å². The Balaban J connectivity index is 2.22. The second kappa shape index (κ2) is 9.53. The molecule has 0 aliphatic carbocycles. The molecule has 22 heavy (non-hydrogen) atoms. The van der Waals surface area contributed by atoms with E-state index in [4.69, 9.17) is 14.7 Å². The van der Waals surface area contributed by atoms with E-state index in [0.717, 1.165) is 0 Å². The number of hydrogen-bond donors (Lipinski definition) is 1. The molecular weight excluding hydrogens is 284 g/mol. The van der Waals surface area contributed by atoms with Crippen molar-refractivity contribution in [2.45, 2.75) is 26.4 Å². The van der Waals surface area contributed by atoms with Crippen LogP contribution >= 0.6 is 0 Å². The van der Waals surface area contributed by atoms with E-state index in [1.807, 2.05) is 19.9 Å². The highest BCUT2D eigenvalue weighted by Crippen LogP contribution is 2.04. The predicted molar refractivity (Wildman–Crippen MR) is 80.2 cm³/mol. The van der Waals surface area contributed by atoms with E-state index >= 15 is 0 Å². The van der Waals surface area contributed by atoms with Gasteiger partial charge in [0.25, 0.3) is 5.91 Å². The highest BCUT2D eigenvalue weighted by atomic mass is 16.5. The van der Waals surface area contributed by atoms with E-state index in [-0.39, 0.29) is 18.6 Å². The standard InChI is InChI=1S/C16H20N2O4/c1-12(2)21-9-3-8-18-15(19)11-22-16(20)14-6-4-13(10-17)5-7-14/h4-7,12H,3,8-9,11H2,1-2H3,(H,18,19). The lowest BCUT2D eigenvalue weighted by molar-refractivity contribution is -0.124. The third kappa shape index (κ3) is 6.86. The fourth-order valence-electron chi connectivity index (χ4n) is 1.57. The molecule has 0 aliphatic heterocycles. The Bertz CT molecular complexity index is 532. The smallest absolute Gasteiger partial charge is 0.338 e. The number of nitriles is 1. The van der Waals surface area contributed by atoms with Gasteiger partial charge in [0.1, 0.15) is 0 Å². The topological polar surface area (TPSA) is 88.4 Å². The Morgan fingerprint density at radius 2 is 1.95 bits per heavy atom. The SMILES string of the molecule is CC(C)OCCCNC(=O)COC(=O)c1ccc(C#N)cc1. The fraction of sp³-hybridized carbons (Fsp3) is 0.438. The summed E-state index contributed by atoms with van der Waals surface area (Å²) < 4.78 is 10.2. The molecule has 6 nitrogen and oxygen atoms in total. The molecule has 0 heterocycles. The largest absolute Gasteiger partial charge is 0.452 e. The van der Waals surface area contributed by atoms with Crippen LogP contribution in [-0.4, -0.2) is 37.7 Å². The van der Waals surface area contributed by atoms with Gasteiger partial charge in [0, 0.05) is 13.2 Å². The second-order valence-electron chi connectivity index (χ2n) is 4.89. The Hall–Kier alpha value is -2.39. The number of ether oxygens (including phenoxy) is 2. The molecule has 0 unspecified atom stereocenters. The van der Waals surface area contributed by atoms with Crippen LogP contribution in [0, 0.1) is 11.3 Å². The molecule has 0 radical (unpaired) electrons. The van der Waals surface area contributed by atoms with Gasteiger partial charge in [0.05, 0.1) is 23.3 Å². The Morgan fingerprint density at radius 3 is 2.55 bits per heavy atom. The van der Waals surface area contributed by atoms with Crippen LogP contribution in [0.25, 0.3) is 0 Å². The van der Waals surface area contributed by atoms with Crippen molar-refractivity contribution in [1.29, 1.82) is 5.26 Å². The van der Waals surface area contributed by atoms with Crippen molar-refractivity contribution in [3.63, 3.8) is 0 Å². The van der Waals surface area contributed by atoms with Crippen LogP contribution in [0.5, 0.6) is 0 Å². The molecular formula is C16H20N2O4. The summed E-state index contributed by atoms with van der Waals surface area (Å²) in [6.07, 6.45) is 0.872. The maximum atomic E-state index is 11.7. The second-order valence-corrected chi connectivity index (χ2v) is 4.89. The van der Waals surface area contributed by atoms with Gasteiger partial charge in [0.15, 0.2) is 6.61 Å². The van der Waals surface area contributed by atoms with Gasteiger partial charge >= 0.3 is 5.97 Å². The molecule has 1 aromatic rings. The van der Waals surface area contributed by atoms with Gasteiger partial charge in [-0.1, -0.05) is 0 Å². The summed E-state index contributed by atoms with van der Waals surface area (Å²) in [6.45, 7) is 4.61. The van der Waals surface area contributed by atoms with Crippen molar-refractivity contribution in [3.05, 3.63) is 35.4 Å². The zero-order valence-corrected chi connectivity index (χ0v) is 12.8. The summed E-state index contributed by atoms with van der Waals surface area (Å²) in [5.74, 6) is -0.950. The maximum absolute atomic E-state index is 11.7. The molecule has 1 rings (SSSR count).